The van der Waals surface area contributed by atoms with Gasteiger partial charge >= 0.3 is 12.4 Å². The molecule has 2 heterocycles. The Morgan fingerprint density at radius 2 is 1.59 bits per heavy atom. The van der Waals surface area contributed by atoms with Gasteiger partial charge in [-0.1, -0.05) is 24.0 Å². The Balaban J connectivity index is 1.60. The predicted octanol–water partition coefficient (Wildman–Crippen LogP) is 6.44. The molecule has 212 valence electrons. The highest BCUT2D eigenvalue weighted by molar-refractivity contribution is 5.37. The zero-order valence-electron chi connectivity index (χ0n) is 21.3. The maximum absolute atomic E-state index is 13.7. The third kappa shape index (κ3) is 7.51. The van der Waals surface area contributed by atoms with Crippen molar-refractivity contribution in [3.05, 3.63) is 70.5 Å². The average Bonchev–Trinajstić information content (AvgIpc) is 3.40. The van der Waals surface area contributed by atoms with Gasteiger partial charge in [-0.15, -0.1) is 0 Å². The molecule has 0 aromatic heterocycles. The second-order valence-electron chi connectivity index (χ2n) is 9.62. The first kappa shape index (κ1) is 29.3. The minimum absolute atomic E-state index is 0.164. The molecule has 4 nitrogen and oxygen atoms in total. The summed E-state index contributed by atoms with van der Waals surface area (Å²) in [5.74, 6) is 5.79. The van der Waals surface area contributed by atoms with Gasteiger partial charge in [0.15, 0.2) is 6.29 Å². The fourth-order valence-electron chi connectivity index (χ4n) is 4.88. The smallest absolute Gasteiger partial charge is 0.349 e. The first-order chi connectivity index (χ1) is 18.4. The number of nitrogens with zero attached hydrogens (tertiary/aromatic N) is 2. The summed E-state index contributed by atoms with van der Waals surface area (Å²) in [5.41, 5.74) is -2.51. The van der Waals surface area contributed by atoms with Crippen molar-refractivity contribution in [2.45, 2.75) is 50.6 Å². The second kappa shape index (κ2) is 12.3. The van der Waals surface area contributed by atoms with E-state index in [4.69, 9.17) is 9.47 Å². The number of halogens is 7. The summed E-state index contributed by atoms with van der Waals surface area (Å²) in [6.07, 6.45) is -10.00. The molecular weight excluding hydrogens is 529 g/mol. The fourth-order valence-corrected chi connectivity index (χ4v) is 4.88. The third-order valence-corrected chi connectivity index (χ3v) is 6.89. The van der Waals surface area contributed by atoms with Crippen molar-refractivity contribution in [1.29, 1.82) is 0 Å². The lowest BCUT2D eigenvalue weighted by molar-refractivity contribution is -0.229. The SMILES string of the molecule is C[C@@H](O[C@H]1OCCN(CC#CCN2CCCC2)[C@H]1c1ccc(F)cc1)c1cc(C(F)(F)F)ccc1C(F)(F)F. The Bertz CT molecular complexity index is 1170. The first-order valence-corrected chi connectivity index (χ1v) is 12.7. The Morgan fingerprint density at radius 1 is 0.923 bits per heavy atom. The molecule has 2 saturated heterocycles. The van der Waals surface area contributed by atoms with Crippen LogP contribution in [0, 0.1) is 17.7 Å². The number of alkyl halides is 6. The van der Waals surface area contributed by atoms with Crippen molar-refractivity contribution in [2.24, 2.45) is 0 Å². The number of morpholine rings is 1. The van der Waals surface area contributed by atoms with Gasteiger partial charge in [-0.2, -0.15) is 26.3 Å². The second-order valence-corrected chi connectivity index (χ2v) is 9.62. The lowest BCUT2D eigenvalue weighted by atomic mass is 9.98. The molecule has 3 atom stereocenters. The molecule has 0 bridgehead atoms. The van der Waals surface area contributed by atoms with Crippen molar-refractivity contribution >= 4 is 0 Å². The zero-order chi connectivity index (χ0) is 28.2. The fraction of sp³-hybridized carbons (Fsp3) is 0.500. The summed E-state index contributed by atoms with van der Waals surface area (Å²) < 4.78 is 106. The van der Waals surface area contributed by atoms with Crippen LogP contribution in [0.4, 0.5) is 30.7 Å². The van der Waals surface area contributed by atoms with Gasteiger partial charge in [-0.25, -0.2) is 4.39 Å². The molecule has 2 aliphatic heterocycles. The van der Waals surface area contributed by atoms with Gasteiger partial charge in [-0.05, 0) is 74.3 Å². The van der Waals surface area contributed by atoms with Crippen LogP contribution >= 0.6 is 0 Å². The van der Waals surface area contributed by atoms with Crippen molar-refractivity contribution in [3.63, 3.8) is 0 Å². The Morgan fingerprint density at radius 3 is 2.23 bits per heavy atom. The van der Waals surface area contributed by atoms with E-state index in [1.165, 1.54) is 31.2 Å². The van der Waals surface area contributed by atoms with Crippen LogP contribution in [0.15, 0.2) is 42.5 Å². The summed E-state index contributed by atoms with van der Waals surface area (Å²) >= 11 is 0. The molecule has 0 saturated carbocycles. The van der Waals surface area contributed by atoms with Crippen LogP contribution in [-0.2, 0) is 21.8 Å². The summed E-state index contributed by atoms with van der Waals surface area (Å²) in [6.45, 7) is 4.75. The highest BCUT2D eigenvalue weighted by Gasteiger charge is 2.40. The van der Waals surface area contributed by atoms with E-state index in [-0.39, 0.29) is 6.61 Å². The van der Waals surface area contributed by atoms with E-state index in [0.29, 0.717) is 43.4 Å². The monoisotopic (exact) mass is 558 g/mol. The van der Waals surface area contributed by atoms with Crippen molar-refractivity contribution < 1.29 is 40.2 Å². The summed E-state index contributed by atoms with van der Waals surface area (Å²) in [7, 11) is 0. The van der Waals surface area contributed by atoms with E-state index in [1.54, 1.807) is 0 Å². The zero-order valence-corrected chi connectivity index (χ0v) is 21.3. The third-order valence-electron chi connectivity index (χ3n) is 6.89. The highest BCUT2D eigenvalue weighted by atomic mass is 19.4. The molecule has 0 aliphatic carbocycles. The largest absolute Gasteiger partial charge is 0.416 e. The molecule has 4 rings (SSSR count). The molecule has 0 amide bonds. The van der Waals surface area contributed by atoms with Crippen molar-refractivity contribution in [1.82, 2.24) is 9.80 Å². The maximum atomic E-state index is 13.7. The van der Waals surface area contributed by atoms with Crippen LogP contribution in [0.5, 0.6) is 0 Å². The number of rotatable bonds is 6. The number of ether oxygens (including phenoxy) is 2. The Hall–Kier alpha value is -2.65. The predicted molar refractivity (Wildman–Crippen MR) is 130 cm³/mol. The molecule has 39 heavy (non-hydrogen) atoms. The average molecular weight is 559 g/mol. The summed E-state index contributed by atoms with van der Waals surface area (Å²) in [4.78, 5) is 4.16. The van der Waals surface area contributed by atoms with Gasteiger partial charge < -0.3 is 9.47 Å². The standard InChI is InChI=1S/C28H29F7N2O2/c1-19(23-18-21(27(30,31)32)8-11-24(23)28(33,34)35)39-26-25(20-6-9-22(29)10-7-20)37(16-17-38-26)15-5-4-14-36-12-2-3-13-36/h6-11,18-19,25-26H,2-3,12-17H2,1H3/t19-,25+,26-/m1/s1. The quantitative estimate of drug-likeness (QED) is 0.301. The molecule has 0 radical (unpaired) electrons. The number of benzene rings is 2. The molecule has 2 fully saturated rings. The van der Waals surface area contributed by atoms with E-state index >= 15 is 0 Å². The lowest BCUT2D eigenvalue weighted by Crippen LogP contribution is -2.47. The summed E-state index contributed by atoms with van der Waals surface area (Å²) in [6, 6.07) is 6.14. The van der Waals surface area contributed by atoms with E-state index in [1.807, 2.05) is 4.90 Å². The van der Waals surface area contributed by atoms with E-state index < -0.39 is 53.3 Å². The number of hydrogen-bond donors (Lipinski definition) is 0. The molecular formula is C28H29F7N2O2. The molecule has 0 unspecified atom stereocenters. The van der Waals surface area contributed by atoms with Crippen LogP contribution in [0.3, 0.4) is 0 Å². The van der Waals surface area contributed by atoms with Crippen LogP contribution in [-0.4, -0.2) is 55.4 Å². The number of likely N-dealkylation sites (tertiary alicyclic amines) is 1. The van der Waals surface area contributed by atoms with Crippen LogP contribution in [0.1, 0.15) is 54.2 Å². The first-order valence-electron chi connectivity index (χ1n) is 12.7. The van der Waals surface area contributed by atoms with Gasteiger partial charge in [0.05, 0.1) is 43.0 Å². The van der Waals surface area contributed by atoms with E-state index in [0.717, 1.165) is 25.9 Å². The minimum atomic E-state index is -4.89. The van der Waals surface area contributed by atoms with E-state index in [2.05, 4.69) is 16.7 Å². The molecule has 2 aliphatic rings. The highest BCUT2D eigenvalue weighted by Crippen LogP contribution is 2.41. The van der Waals surface area contributed by atoms with Gasteiger partial charge in [0, 0.05) is 6.54 Å². The van der Waals surface area contributed by atoms with Crippen LogP contribution in [0.25, 0.3) is 0 Å². The maximum Gasteiger partial charge on any atom is 0.416 e. The van der Waals surface area contributed by atoms with Crippen LogP contribution in [0.2, 0.25) is 0 Å². The Labute approximate surface area is 222 Å². The Kier molecular flexibility index (Phi) is 9.21. The van der Waals surface area contributed by atoms with Crippen molar-refractivity contribution in [2.75, 3.05) is 39.3 Å². The number of hydrogen-bond acceptors (Lipinski definition) is 4. The minimum Gasteiger partial charge on any atom is -0.349 e. The van der Waals surface area contributed by atoms with Gasteiger partial charge in [0.1, 0.15) is 5.82 Å². The van der Waals surface area contributed by atoms with Gasteiger partial charge in [0.2, 0.25) is 0 Å². The van der Waals surface area contributed by atoms with Gasteiger partial charge in [0.25, 0.3) is 0 Å². The van der Waals surface area contributed by atoms with Gasteiger partial charge in [-0.3, -0.25) is 9.80 Å². The molecule has 0 N–H and O–H groups in total. The molecule has 2 aromatic rings. The van der Waals surface area contributed by atoms with E-state index in [9.17, 15) is 30.7 Å². The molecule has 11 heteroatoms. The van der Waals surface area contributed by atoms with Crippen molar-refractivity contribution in [3.8, 4) is 11.8 Å². The topological polar surface area (TPSA) is 24.9 Å². The van der Waals surface area contributed by atoms with Crippen LogP contribution < -0.4 is 0 Å². The lowest BCUT2D eigenvalue weighted by Gasteiger charge is -2.41. The molecule has 2 aromatic carbocycles. The normalized spacial score (nSPS) is 21.9. The summed E-state index contributed by atoms with van der Waals surface area (Å²) in [5, 5.41) is 0. The molecule has 0 spiro atoms.